The quantitative estimate of drug-likeness (QED) is 0.616. The highest BCUT2D eigenvalue weighted by atomic mass is 16.1. The first-order valence-electron chi connectivity index (χ1n) is 4.12. The average Bonchev–Trinajstić information content (AvgIpc) is 2.18. The first kappa shape index (κ1) is 7.92. The van der Waals surface area contributed by atoms with Crippen LogP contribution in [-0.4, -0.2) is 11.3 Å². The van der Waals surface area contributed by atoms with Crippen molar-refractivity contribution < 1.29 is 4.79 Å². The van der Waals surface area contributed by atoms with Crippen LogP contribution in [0.4, 0.5) is 0 Å². The van der Waals surface area contributed by atoms with Crippen LogP contribution in [0.15, 0.2) is 30.5 Å². The number of benzene rings is 1. The van der Waals surface area contributed by atoms with Gasteiger partial charge in [0.2, 0.25) is 0 Å². The Morgan fingerprint density at radius 1 is 1.31 bits per heavy atom. The summed E-state index contributed by atoms with van der Waals surface area (Å²) >= 11 is 0. The van der Waals surface area contributed by atoms with Crippen molar-refractivity contribution in [3.63, 3.8) is 0 Å². The van der Waals surface area contributed by atoms with E-state index >= 15 is 0 Å². The minimum absolute atomic E-state index is 0.654. The molecule has 1 aromatic carbocycles. The summed E-state index contributed by atoms with van der Waals surface area (Å²) in [6.45, 7) is 2.01. The van der Waals surface area contributed by atoms with E-state index in [2.05, 4.69) is 4.98 Å². The van der Waals surface area contributed by atoms with Crippen LogP contribution in [-0.2, 0) is 0 Å². The Bertz CT molecular complexity index is 463. The molecular weight excluding hydrogens is 162 g/mol. The molecule has 64 valence electrons. The molecule has 0 unspecified atom stereocenters. The molecule has 0 aliphatic rings. The van der Waals surface area contributed by atoms with E-state index in [1.807, 2.05) is 25.1 Å². The maximum atomic E-state index is 10.7. The lowest BCUT2D eigenvalue weighted by Crippen LogP contribution is -1.88. The molecule has 0 amide bonds. The summed E-state index contributed by atoms with van der Waals surface area (Å²) in [5, 5.41) is 1.05. The molecule has 0 aliphatic carbocycles. The number of carbonyl (C=O) groups is 1. The summed E-state index contributed by atoms with van der Waals surface area (Å²) in [6.07, 6.45) is 2.57. The topological polar surface area (TPSA) is 30.0 Å². The van der Waals surface area contributed by atoms with Gasteiger partial charge in [0.25, 0.3) is 0 Å². The zero-order valence-electron chi connectivity index (χ0n) is 7.32. The highest BCUT2D eigenvalue weighted by molar-refractivity contribution is 5.96. The third kappa shape index (κ3) is 1.20. The third-order valence-corrected chi connectivity index (χ3v) is 2.15. The number of hydrogen-bond acceptors (Lipinski definition) is 2. The van der Waals surface area contributed by atoms with E-state index in [4.69, 9.17) is 0 Å². The Morgan fingerprint density at radius 2 is 2.15 bits per heavy atom. The lowest BCUT2D eigenvalue weighted by molar-refractivity contribution is 0.112. The lowest BCUT2D eigenvalue weighted by Gasteiger charge is -2.01. The fourth-order valence-electron chi connectivity index (χ4n) is 1.43. The summed E-state index contributed by atoms with van der Waals surface area (Å²) in [5.74, 6) is 0. The monoisotopic (exact) mass is 171 g/mol. The van der Waals surface area contributed by atoms with Gasteiger partial charge in [0, 0.05) is 17.1 Å². The molecule has 1 aromatic heterocycles. The molecule has 13 heavy (non-hydrogen) atoms. The molecule has 2 aromatic rings. The van der Waals surface area contributed by atoms with Gasteiger partial charge in [0.15, 0.2) is 6.29 Å². The van der Waals surface area contributed by atoms with Crippen LogP contribution >= 0.6 is 0 Å². The van der Waals surface area contributed by atoms with Gasteiger partial charge in [-0.15, -0.1) is 0 Å². The second-order valence-corrected chi connectivity index (χ2v) is 2.99. The number of hydrogen-bond donors (Lipinski definition) is 0. The van der Waals surface area contributed by atoms with E-state index in [0.29, 0.717) is 5.56 Å². The molecule has 0 fully saturated rings. The molecule has 2 nitrogen and oxygen atoms in total. The van der Waals surface area contributed by atoms with E-state index in [0.717, 1.165) is 22.8 Å². The molecule has 0 atom stereocenters. The Hall–Kier alpha value is -1.70. The maximum Gasteiger partial charge on any atom is 0.152 e. The highest BCUT2D eigenvalue weighted by Crippen LogP contribution is 2.17. The number of pyridine rings is 1. The van der Waals surface area contributed by atoms with Gasteiger partial charge in [-0.25, -0.2) is 0 Å². The lowest BCUT2D eigenvalue weighted by atomic mass is 10.1. The zero-order valence-corrected chi connectivity index (χ0v) is 7.32. The van der Waals surface area contributed by atoms with Gasteiger partial charge in [-0.1, -0.05) is 12.1 Å². The number of rotatable bonds is 1. The second kappa shape index (κ2) is 2.98. The maximum absolute atomic E-state index is 10.7. The Morgan fingerprint density at radius 3 is 2.92 bits per heavy atom. The summed E-state index contributed by atoms with van der Waals surface area (Å²) in [4.78, 5) is 14.9. The largest absolute Gasteiger partial charge is 0.298 e. The molecular formula is C11H9NO. The van der Waals surface area contributed by atoms with Gasteiger partial charge in [0.05, 0.1) is 5.52 Å². The number of aryl methyl sites for hydroxylation is 1. The molecule has 0 aliphatic heterocycles. The van der Waals surface area contributed by atoms with Gasteiger partial charge >= 0.3 is 0 Å². The molecule has 0 radical (unpaired) electrons. The highest BCUT2D eigenvalue weighted by Gasteiger charge is 2.01. The van der Waals surface area contributed by atoms with Crippen molar-refractivity contribution in [3.8, 4) is 0 Å². The smallest absolute Gasteiger partial charge is 0.152 e. The average molecular weight is 171 g/mol. The van der Waals surface area contributed by atoms with Crippen LogP contribution in [0.2, 0.25) is 0 Å². The Labute approximate surface area is 76.2 Å². The van der Waals surface area contributed by atoms with Crippen LogP contribution in [0.5, 0.6) is 0 Å². The van der Waals surface area contributed by atoms with Gasteiger partial charge in [-0.2, -0.15) is 0 Å². The van der Waals surface area contributed by atoms with Crippen molar-refractivity contribution in [2.75, 3.05) is 0 Å². The van der Waals surface area contributed by atoms with E-state index in [1.165, 1.54) is 0 Å². The predicted molar refractivity (Wildman–Crippen MR) is 51.9 cm³/mol. The van der Waals surface area contributed by atoms with Gasteiger partial charge < -0.3 is 0 Å². The van der Waals surface area contributed by atoms with Gasteiger partial charge in [-0.05, 0) is 24.6 Å². The van der Waals surface area contributed by atoms with Crippen LogP contribution < -0.4 is 0 Å². The van der Waals surface area contributed by atoms with Crippen LogP contribution in [0.1, 0.15) is 15.9 Å². The van der Waals surface area contributed by atoms with Crippen molar-refractivity contribution in [1.29, 1.82) is 0 Å². The first-order chi connectivity index (χ1) is 6.33. The number of aldehydes is 1. The predicted octanol–water partition coefficient (Wildman–Crippen LogP) is 2.36. The fraction of sp³-hybridized carbons (Fsp3) is 0.0909. The van der Waals surface area contributed by atoms with E-state index < -0.39 is 0 Å². The number of carbonyl (C=O) groups excluding carboxylic acids is 1. The molecule has 0 spiro atoms. The summed E-state index contributed by atoms with van der Waals surface area (Å²) in [6, 6.07) is 7.57. The minimum atomic E-state index is 0.654. The van der Waals surface area contributed by atoms with Crippen molar-refractivity contribution in [2.45, 2.75) is 6.92 Å². The number of aromatic nitrogens is 1. The van der Waals surface area contributed by atoms with Crippen LogP contribution in [0.3, 0.4) is 0 Å². The Balaban J connectivity index is 2.92. The zero-order chi connectivity index (χ0) is 9.26. The fourth-order valence-corrected chi connectivity index (χ4v) is 1.43. The molecule has 0 N–H and O–H groups in total. The van der Waals surface area contributed by atoms with Crippen LogP contribution in [0.25, 0.3) is 10.9 Å². The normalized spacial score (nSPS) is 10.2. The number of para-hydroxylation sites is 1. The number of fused-ring (bicyclic) bond motifs is 1. The van der Waals surface area contributed by atoms with Crippen molar-refractivity contribution >= 4 is 17.2 Å². The summed E-state index contributed by atoms with van der Waals surface area (Å²) in [5.41, 5.74) is 2.59. The third-order valence-electron chi connectivity index (χ3n) is 2.15. The van der Waals surface area contributed by atoms with Crippen molar-refractivity contribution in [1.82, 2.24) is 4.98 Å². The van der Waals surface area contributed by atoms with Crippen molar-refractivity contribution in [3.05, 3.63) is 41.6 Å². The van der Waals surface area contributed by atoms with E-state index in [9.17, 15) is 4.79 Å². The molecule has 0 saturated carbocycles. The van der Waals surface area contributed by atoms with Crippen molar-refractivity contribution in [2.24, 2.45) is 0 Å². The SMILES string of the molecule is Cc1ccnc2c(C=O)cccc12. The Kier molecular flexibility index (Phi) is 1.81. The molecule has 2 rings (SSSR count). The van der Waals surface area contributed by atoms with Crippen LogP contribution in [0, 0.1) is 6.92 Å². The molecule has 0 bridgehead atoms. The second-order valence-electron chi connectivity index (χ2n) is 2.99. The van der Waals surface area contributed by atoms with Gasteiger partial charge in [-0.3, -0.25) is 9.78 Å². The van der Waals surface area contributed by atoms with E-state index in [1.54, 1.807) is 12.3 Å². The standard InChI is InChI=1S/C11H9NO/c1-8-5-6-12-11-9(7-13)3-2-4-10(8)11/h2-7H,1H3. The molecule has 0 saturated heterocycles. The van der Waals surface area contributed by atoms with E-state index in [-0.39, 0.29) is 0 Å². The number of nitrogens with zero attached hydrogens (tertiary/aromatic N) is 1. The molecule has 1 heterocycles. The summed E-state index contributed by atoms with van der Waals surface area (Å²) in [7, 11) is 0. The first-order valence-corrected chi connectivity index (χ1v) is 4.12. The summed E-state index contributed by atoms with van der Waals surface area (Å²) < 4.78 is 0. The molecule has 2 heteroatoms. The minimum Gasteiger partial charge on any atom is -0.298 e. The van der Waals surface area contributed by atoms with Gasteiger partial charge in [0.1, 0.15) is 0 Å².